The lowest BCUT2D eigenvalue weighted by atomic mass is 9.96. The van der Waals surface area contributed by atoms with E-state index < -0.39 is 5.60 Å². The Balaban J connectivity index is 2.06. The predicted molar refractivity (Wildman–Crippen MR) is 68.6 cm³/mol. The molecule has 2 heterocycles. The Labute approximate surface area is 112 Å². The number of aliphatic hydroxyl groups excluding tert-OH is 1. The highest BCUT2D eigenvalue weighted by molar-refractivity contribution is 5.92. The Kier molecular flexibility index (Phi) is 4.11. The van der Waals surface area contributed by atoms with Crippen LogP contribution in [0.15, 0.2) is 12.4 Å². The summed E-state index contributed by atoms with van der Waals surface area (Å²) < 4.78 is 0. The molecular formula is C13H19N3O3. The highest BCUT2D eigenvalue weighted by Gasteiger charge is 2.31. The maximum Gasteiger partial charge on any atom is 0.274 e. The molecule has 0 radical (unpaired) electrons. The number of amides is 1. The van der Waals surface area contributed by atoms with Gasteiger partial charge in [-0.05, 0) is 26.2 Å². The molecule has 1 fully saturated rings. The number of aromatic nitrogens is 2. The van der Waals surface area contributed by atoms with Crippen molar-refractivity contribution in [3.63, 3.8) is 0 Å². The molecule has 6 nitrogen and oxygen atoms in total. The van der Waals surface area contributed by atoms with Gasteiger partial charge in [-0.25, -0.2) is 4.98 Å². The lowest BCUT2D eigenvalue weighted by Crippen LogP contribution is -2.36. The van der Waals surface area contributed by atoms with Crippen LogP contribution in [0.25, 0.3) is 0 Å². The molecule has 1 aromatic rings. The van der Waals surface area contributed by atoms with Crippen LogP contribution in [0.5, 0.6) is 0 Å². The number of aliphatic hydroxyl groups is 2. The van der Waals surface area contributed by atoms with Crippen molar-refractivity contribution in [2.24, 2.45) is 0 Å². The molecule has 0 spiro atoms. The van der Waals surface area contributed by atoms with Crippen LogP contribution in [0.2, 0.25) is 0 Å². The van der Waals surface area contributed by atoms with E-state index in [9.17, 15) is 15.0 Å². The quantitative estimate of drug-likeness (QED) is 0.794. The van der Waals surface area contributed by atoms with E-state index in [2.05, 4.69) is 9.97 Å². The van der Waals surface area contributed by atoms with Crippen LogP contribution in [-0.4, -0.2) is 56.3 Å². The van der Waals surface area contributed by atoms with Crippen LogP contribution >= 0.6 is 0 Å². The molecule has 1 aliphatic rings. The summed E-state index contributed by atoms with van der Waals surface area (Å²) in [5.74, 6) is -0.172. The average Bonchev–Trinajstić information content (AvgIpc) is 2.62. The van der Waals surface area contributed by atoms with Crippen molar-refractivity contribution >= 4 is 5.91 Å². The van der Waals surface area contributed by atoms with Gasteiger partial charge in [0, 0.05) is 19.3 Å². The van der Waals surface area contributed by atoms with Gasteiger partial charge in [0.2, 0.25) is 0 Å². The van der Waals surface area contributed by atoms with E-state index in [1.807, 2.05) is 6.92 Å². The van der Waals surface area contributed by atoms with Gasteiger partial charge in [-0.2, -0.15) is 0 Å². The maximum absolute atomic E-state index is 12.2. The van der Waals surface area contributed by atoms with Gasteiger partial charge >= 0.3 is 0 Å². The first-order chi connectivity index (χ1) is 9.04. The lowest BCUT2D eigenvalue weighted by molar-refractivity contribution is -0.0250. The molecule has 0 bridgehead atoms. The second kappa shape index (κ2) is 5.63. The van der Waals surface area contributed by atoms with Gasteiger partial charge in [-0.1, -0.05) is 0 Å². The van der Waals surface area contributed by atoms with Crippen LogP contribution in [0.3, 0.4) is 0 Å². The summed E-state index contributed by atoms with van der Waals surface area (Å²) in [4.78, 5) is 22.0. The molecular weight excluding hydrogens is 246 g/mol. The molecule has 6 heteroatoms. The third-order valence-electron chi connectivity index (χ3n) is 3.50. The molecule has 1 unspecified atom stereocenters. The molecule has 1 amide bonds. The second-order valence-corrected chi connectivity index (χ2v) is 5.07. The number of aryl methyl sites for hydroxylation is 1. The molecule has 0 aromatic carbocycles. The minimum atomic E-state index is -1.06. The van der Waals surface area contributed by atoms with Crippen molar-refractivity contribution in [3.05, 3.63) is 23.8 Å². The summed E-state index contributed by atoms with van der Waals surface area (Å²) in [6, 6.07) is 0. The van der Waals surface area contributed by atoms with E-state index in [1.54, 1.807) is 11.1 Å². The normalized spacial score (nSPS) is 24.1. The predicted octanol–water partition coefficient (Wildman–Crippen LogP) is 0.135. The zero-order valence-electron chi connectivity index (χ0n) is 11.0. The zero-order chi connectivity index (χ0) is 13.9. The Morgan fingerprint density at radius 3 is 2.79 bits per heavy atom. The first kappa shape index (κ1) is 13.9. The largest absolute Gasteiger partial charge is 0.393 e. The van der Waals surface area contributed by atoms with Gasteiger partial charge in [-0.3, -0.25) is 9.78 Å². The number of likely N-dealkylation sites (tertiary alicyclic amines) is 1. The number of hydrogen-bond donors (Lipinski definition) is 2. The highest BCUT2D eigenvalue weighted by atomic mass is 16.3. The van der Waals surface area contributed by atoms with Gasteiger partial charge < -0.3 is 15.1 Å². The fourth-order valence-corrected chi connectivity index (χ4v) is 2.21. The van der Waals surface area contributed by atoms with E-state index >= 15 is 0 Å². The van der Waals surface area contributed by atoms with Gasteiger partial charge in [0.1, 0.15) is 5.69 Å². The summed E-state index contributed by atoms with van der Waals surface area (Å²) in [7, 11) is 0. The Bertz CT molecular complexity index is 449. The Morgan fingerprint density at radius 1 is 1.37 bits per heavy atom. The van der Waals surface area contributed by atoms with Gasteiger partial charge in [0.15, 0.2) is 0 Å². The van der Waals surface area contributed by atoms with Crippen molar-refractivity contribution in [3.8, 4) is 0 Å². The second-order valence-electron chi connectivity index (χ2n) is 5.07. The van der Waals surface area contributed by atoms with Crippen molar-refractivity contribution in [2.45, 2.75) is 31.8 Å². The maximum atomic E-state index is 12.2. The number of hydrogen-bond acceptors (Lipinski definition) is 5. The molecule has 2 N–H and O–H groups in total. The van der Waals surface area contributed by atoms with E-state index in [0.29, 0.717) is 38.0 Å². The van der Waals surface area contributed by atoms with Gasteiger partial charge in [0.25, 0.3) is 5.91 Å². The Hall–Kier alpha value is -1.53. The average molecular weight is 265 g/mol. The number of rotatable bonds is 2. The molecule has 1 saturated heterocycles. The minimum Gasteiger partial charge on any atom is -0.393 e. The highest BCUT2D eigenvalue weighted by Crippen LogP contribution is 2.22. The van der Waals surface area contributed by atoms with Crippen molar-refractivity contribution < 1.29 is 15.0 Å². The molecule has 1 aliphatic heterocycles. The monoisotopic (exact) mass is 265 g/mol. The summed E-state index contributed by atoms with van der Waals surface area (Å²) in [6.07, 6.45) is 4.60. The van der Waals surface area contributed by atoms with Crippen LogP contribution in [0, 0.1) is 6.92 Å². The smallest absolute Gasteiger partial charge is 0.274 e. The molecule has 1 atom stereocenters. The number of carbonyl (C=O) groups is 1. The molecule has 0 aliphatic carbocycles. The molecule has 1 aromatic heterocycles. The number of carbonyl (C=O) groups excluding carboxylic acids is 1. The van der Waals surface area contributed by atoms with Crippen LogP contribution in [0.1, 0.15) is 35.4 Å². The lowest BCUT2D eigenvalue weighted by Gasteiger charge is -2.24. The topological polar surface area (TPSA) is 86.6 Å². The summed E-state index contributed by atoms with van der Waals surface area (Å²) in [5.41, 5.74) is 0.0238. The third kappa shape index (κ3) is 3.27. The van der Waals surface area contributed by atoms with E-state index in [0.717, 1.165) is 5.69 Å². The summed E-state index contributed by atoms with van der Waals surface area (Å²) in [5, 5.41) is 19.2. The van der Waals surface area contributed by atoms with Crippen LogP contribution in [-0.2, 0) is 0 Å². The van der Waals surface area contributed by atoms with E-state index in [1.165, 1.54) is 6.20 Å². The fourth-order valence-electron chi connectivity index (χ4n) is 2.21. The van der Waals surface area contributed by atoms with Gasteiger partial charge in [-0.15, -0.1) is 0 Å². The van der Waals surface area contributed by atoms with E-state index in [-0.39, 0.29) is 12.5 Å². The molecule has 19 heavy (non-hydrogen) atoms. The first-order valence-electron chi connectivity index (χ1n) is 6.45. The van der Waals surface area contributed by atoms with Crippen molar-refractivity contribution in [1.82, 2.24) is 14.9 Å². The first-order valence-corrected chi connectivity index (χ1v) is 6.45. The molecule has 0 saturated carbocycles. The molecule has 104 valence electrons. The van der Waals surface area contributed by atoms with Crippen molar-refractivity contribution in [2.75, 3.05) is 19.7 Å². The zero-order valence-corrected chi connectivity index (χ0v) is 11.0. The summed E-state index contributed by atoms with van der Waals surface area (Å²) >= 11 is 0. The fraction of sp³-hybridized carbons (Fsp3) is 0.615. The minimum absolute atomic E-state index is 0.172. The summed E-state index contributed by atoms with van der Waals surface area (Å²) in [6.45, 7) is 2.54. The molecule has 2 rings (SSSR count). The van der Waals surface area contributed by atoms with Crippen molar-refractivity contribution in [1.29, 1.82) is 0 Å². The number of nitrogens with zero attached hydrogens (tertiary/aromatic N) is 3. The van der Waals surface area contributed by atoms with Gasteiger partial charge in [0.05, 0.1) is 24.1 Å². The van der Waals surface area contributed by atoms with Crippen LogP contribution in [0.4, 0.5) is 0 Å². The standard InChI is InChI=1S/C13H19N3O3/c1-10-7-15-11(8-14-10)12(18)16-5-2-3-13(19,9-17)4-6-16/h7-8,17,19H,2-6,9H2,1H3. The van der Waals surface area contributed by atoms with Crippen LogP contribution < -0.4 is 0 Å². The SMILES string of the molecule is Cc1cnc(C(=O)N2CCCC(O)(CO)CC2)cn1. The Morgan fingerprint density at radius 2 is 2.16 bits per heavy atom. The van der Waals surface area contributed by atoms with E-state index in [4.69, 9.17) is 0 Å². The third-order valence-corrected chi connectivity index (χ3v) is 3.50.